The first-order valence-electron chi connectivity index (χ1n) is 9.18. The zero-order valence-corrected chi connectivity index (χ0v) is 19.5. The maximum Gasteiger partial charge on any atom is 0.480 e. The summed E-state index contributed by atoms with van der Waals surface area (Å²) in [7, 11) is -2.61. The third kappa shape index (κ3) is 12.6. The zero-order valence-electron chi connectivity index (χ0n) is 18.6. The molecule has 1 N–H and O–H groups in total. The summed E-state index contributed by atoms with van der Waals surface area (Å²) in [6.45, 7) is 2.10. The number of ether oxygens (including phenoxy) is 3. The average Bonchev–Trinajstić information content (AvgIpc) is 3.23. The van der Waals surface area contributed by atoms with Crippen molar-refractivity contribution in [2.75, 3.05) is 27.2 Å². The van der Waals surface area contributed by atoms with E-state index in [0.717, 1.165) is 13.8 Å². The maximum atomic E-state index is 12.6. The molecule has 1 aliphatic heterocycles. The number of nitrogens with zero attached hydrogens (tertiary/aromatic N) is 1. The van der Waals surface area contributed by atoms with Crippen LogP contribution in [-0.4, -0.2) is 68.7 Å². The van der Waals surface area contributed by atoms with Gasteiger partial charge in [-0.1, -0.05) is 6.08 Å². The van der Waals surface area contributed by atoms with Crippen molar-refractivity contribution in [3.8, 4) is 12.8 Å². The molecule has 0 aromatic carbocycles. The van der Waals surface area contributed by atoms with Crippen molar-refractivity contribution in [2.45, 2.75) is 33.1 Å². The van der Waals surface area contributed by atoms with Gasteiger partial charge in [0.15, 0.2) is 0 Å². The highest BCUT2D eigenvalue weighted by Crippen LogP contribution is 2.49. The molecule has 0 bridgehead atoms. The molecule has 33 heavy (non-hydrogen) atoms. The van der Waals surface area contributed by atoms with Gasteiger partial charge in [0, 0.05) is 32.7 Å². The molecule has 184 valence electrons. The van der Waals surface area contributed by atoms with E-state index >= 15 is 0 Å². The first-order chi connectivity index (χ1) is 15.6. The summed E-state index contributed by atoms with van der Waals surface area (Å²) in [5.41, 5.74) is 0.272. The summed E-state index contributed by atoms with van der Waals surface area (Å²) in [6, 6.07) is 0. The second kappa shape index (κ2) is 15.7. The number of amides is 2. The summed E-state index contributed by atoms with van der Waals surface area (Å²) in [5, 5.41) is 2.02. The van der Waals surface area contributed by atoms with Crippen LogP contribution >= 0.6 is 7.82 Å². The Morgan fingerprint density at radius 2 is 1.61 bits per heavy atom. The van der Waals surface area contributed by atoms with E-state index in [1.807, 2.05) is 5.32 Å². The molecule has 0 radical (unpaired) electrons. The van der Waals surface area contributed by atoms with Gasteiger partial charge in [-0.15, -0.1) is 12.8 Å². The molecule has 0 aromatic heterocycles. The smallest absolute Gasteiger partial charge is 0.438 e. The van der Waals surface area contributed by atoms with Gasteiger partial charge in [-0.05, 0) is 13.0 Å². The van der Waals surface area contributed by atoms with Gasteiger partial charge in [0.25, 0.3) is 5.91 Å². The third-order valence-corrected chi connectivity index (χ3v) is 4.80. The molecule has 13 nitrogen and oxygen atoms in total. The topological polar surface area (TPSA) is 156 Å². The normalized spacial score (nSPS) is 17.3. The molecule has 2 amide bonds. The second-order valence-corrected chi connectivity index (χ2v) is 7.70. The maximum absolute atomic E-state index is 12.6. The van der Waals surface area contributed by atoms with Crippen LogP contribution in [0.5, 0.6) is 0 Å². The number of terminal acetylenes is 1. The van der Waals surface area contributed by atoms with E-state index in [1.54, 1.807) is 24.1 Å². The molecular formula is C19H27N2O11P. The number of rotatable bonds is 13. The van der Waals surface area contributed by atoms with Crippen LogP contribution < -0.4 is 5.32 Å². The molecule has 1 rings (SSSR count). The molecule has 0 fully saturated rings. The van der Waals surface area contributed by atoms with Crippen molar-refractivity contribution in [1.82, 2.24) is 10.2 Å². The van der Waals surface area contributed by atoms with E-state index < -0.39 is 51.6 Å². The number of esters is 2. The molecular weight excluding hydrogens is 463 g/mol. The van der Waals surface area contributed by atoms with Crippen molar-refractivity contribution in [1.29, 1.82) is 0 Å². The van der Waals surface area contributed by atoms with Crippen LogP contribution in [0, 0.1) is 12.8 Å². The van der Waals surface area contributed by atoms with Gasteiger partial charge in [0.1, 0.15) is 12.3 Å². The van der Waals surface area contributed by atoms with E-state index in [0.29, 0.717) is 0 Å². The average molecular weight is 490 g/mol. The Bertz CT molecular complexity index is 785. The van der Waals surface area contributed by atoms with Crippen molar-refractivity contribution in [3.63, 3.8) is 0 Å². The fraction of sp³-hybridized carbons (Fsp3) is 0.474. The largest absolute Gasteiger partial charge is 0.480 e. The van der Waals surface area contributed by atoms with Gasteiger partial charge in [-0.2, -0.15) is 0 Å². The van der Waals surface area contributed by atoms with Gasteiger partial charge < -0.3 is 19.1 Å². The predicted molar refractivity (Wildman–Crippen MR) is 112 cm³/mol. The molecule has 0 saturated heterocycles. The van der Waals surface area contributed by atoms with E-state index in [4.69, 9.17) is 18.3 Å². The summed E-state index contributed by atoms with van der Waals surface area (Å²) in [5.74, 6) is -1.91. The van der Waals surface area contributed by atoms with Crippen molar-refractivity contribution in [3.05, 3.63) is 23.9 Å². The van der Waals surface area contributed by atoms with E-state index in [1.165, 1.54) is 13.1 Å². The number of imide groups is 1. The van der Waals surface area contributed by atoms with Crippen LogP contribution in [0.4, 0.5) is 0 Å². The fourth-order valence-electron chi connectivity index (χ4n) is 2.04. The number of carbonyl (C=O) groups excluding carboxylic acids is 4. The van der Waals surface area contributed by atoms with Crippen molar-refractivity contribution >= 4 is 32.1 Å². The lowest BCUT2D eigenvalue weighted by Crippen LogP contribution is -2.30. The predicted octanol–water partition coefficient (Wildman–Crippen LogP) is 0.824. The number of nitrogens with one attached hydrogen (secondary N) is 1. The number of phosphoric ester groups is 1. The summed E-state index contributed by atoms with van der Waals surface area (Å²) in [6.07, 6.45) is 11.8. The van der Waals surface area contributed by atoms with Crippen LogP contribution in [-0.2, 0) is 51.5 Å². The van der Waals surface area contributed by atoms with Gasteiger partial charge >= 0.3 is 19.8 Å². The van der Waals surface area contributed by atoms with Crippen molar-refractivity contribution < 1.29 is 51.5 Å². The lowest BCUT2D eigenvalue weighted by Gasteiger charge is -2.24. The van der Waals surface area contributed by atoms with Crippen LogP contribution in [0.1, 0.15) is 20.8 Å². The number of phosphoric acid groups is 1. The molecule has 0 saturated carbocycles. The Morgan fingerprint density at radius 1 is 1.06 bits per heavy atom. The number of likely N-dealkylation sites (N-methyl/N-ethyl adjacent to an activating group) is 1. The second-order valence-electron chi connectivity index (χ2n) is 6.03. The first kappa shape index (κ1) is 30.0. The van der Waals surface area contributed by atoms with Gasteiger partial charge in [0.2, 0.25) is 20.0 Å². The Labute approximate surface area is 191 Å². The minimum atomic E-state index is -4.25. The highest BCUT2D eigenvalue weighted by molar-refractivity contribution is 7.48. The van der Waals surface area contributed by atoms with Crippen LogP contribution in [0.25, 0.3) is 0 Å². The van der Waals surface area contributed by atoms with E-state index in [9.17, 15) is 23.7 Å². The van der Waals surface area contributed by atoms with Crippen molar-refractivity contribution in [2.24, 2.45) is 0 Å². The molecule has 1 unspecified atom stereocenters. The number of hydrogen-bond donors (Lipinski definition) is 1. The standard InChI is InChI=1S/C17H25N2O11P.C2H2/c1-12(17(23)18-9-20)7-19(4)16-6-5-15(30-16)8-27-31(24,28-10-25-13(2)21)29-11-26-14(3)22;1-2/h5-7,9,15-16H,8,10-11H2,1-4H3,(H,18,20,23);1-2H/b12-7-;/t15-,16?;/m0./s1. The van der Waals surface area contributed by atoms with Gasteiger partial charge in [-0.25, -0.2) is 13.6 Å². The number of carbonyl (C=O) groups is 4. The Kier molecular flexibility index (Phi) is 14.3. The molecule has 1 aliphatic rings. The Hall–Kier alpha value is -3.01. The SMILES string of the molecule is C#C.CC(=O)OCOP(=O)(OCOC(C)=O)OC[C@@H]1C=CC(N(C)/C=C(/C)C(=O)NC=O)O1. The molecule has 1 heterocycles. The Balaban J connectivity index is 0.00000497. The van der Waals surface area contributed by atoms with Crippen LogP contribution in [0.2, 0.25) is 0 Å². The zero-order chi connectivity index (χ0) is 25.4. The number of hydrogen-bond acceptors (Lipinski definition) is 12. The van der Waals surface area contributed by atoms with Gasteiger partial charge in [0.05, 0.1) is 6.61 Å². The summed E-state index contributed by atoms with van der Waals surface area (Å²) < 4.78 is 42.3. The lowest BCUT2D eigenvalue weighted by molar-refractivity contribution is -0.151. The van der Waals surface area contributed by atoms with E-state index in [2.05, 4.69) is 22.3 Å². The third-order valence-electron chi connectivity index (χ3n) is 3.49. The highest BCUT2D eigenvalue weighted by Gasteiger charge is 2.31. The first-order valence-corrected chi connectivity index (χ1v) is 10.6. The van der Waals surface area contributed by atoms with Crippen LogP contribution in [0.3, 0.4) is 0 Å². The van der Waals surface area contributed by atoms with Gasteiger partial charge in [-0.3, -0.25) is 29.0 Å². The molecule has 2 atom stereocenters. The monoisotopic (exact) mass is 490 g/mol. The Morgan fingerprint density at radius 3 is 2.09 bits per heavy atom. The quantitative estimate of drug-likeness (QED) is 0.0739. The fourth-order valence-corrected chi connectivity index (χ4v) is 2.96. The van der Waals surface area contributed by atoms with Crippen LogP contribution in [0.15, 0.2) is 23.9 Å². The molecule has 0 spiro atoms. The lowest BCUT2D eigenvalue weighted by atomic mass is 10.3. The summed E-state index contributed by atoms with van der Waals surface area (Å²) >= 11 is 0. The molecule has 0 aliphatic carbocycles. The van der Waals surface area contributed by atoms with E-state index in [-0.39, 0.29) is 18.6 Å². The highest BCUT2D eigenvalue weighted by atomic mass is 31.2. The minimum absolute atomic E-state index is 0.271. The summed E-state index contributed by atoms with van der Waals surface area (Å²) in [4.78, 5) is 45.2. The molecule has 0 aromatic rings. The minimum Gasteiger partial charge on any atom is -0.438 e. The molecule has 14 heteroatoms.